The number of hydrogen-bond acceptors (Lipinski definition) is 3. The van der Waals surface area contributed by atoms with Crippen LogP contribution in [-0.4, -0.2) is 35.9 Å². The maximum Gasteiger partial charge on any atom is 0.260 e. The zero-order chi connectivity index (χ0) is 23.5. The van der Waals surface area contributed by atoms with Gasteiger partial charge in [-0.05, 0) is 60.7 Å². The molecule has 2 aromatic carbocycles. The van der Waals surface area contributed by atoms with Gasteiger partial charge in [-0.1, -0.05) is 45.9 Å². The molecule has 0 saturated heterocycles. The topological polar surface area (TPSA) is 58.6 Å². The lowest BCUT2D eigenvalue weighted by atomic mass is 9.85. The summed E-state index contributed by atoms with van der Waals surface area (Å²) >= 11 is 0. The molecule has 0 aromatic heterocycles. The molecule has 6 heteroatoms. The van der Waals surface area contributed by atoms with Crippen LogP contribution in [0.3, 0.4) is 0 Å². The Kier molecular flexibility index (Phi) is 7.22. The molecule has 1 heterocycles. The average molecular weight is 441 g/mol. The molecule has 32 heavy (non-hydrogen) atoms. The summed E-state index contributed by atoms with van der Waals surface area (Å²) in [6.07, 6.45) is 0.906. The third-order valence-electron chi connectivity index (χ3n) is 5.64. The van der Waals surface area contributed by atoms with Crippen LogP contribution in [0.2, 0.25) is 0 Å². The first-order valence-electron chi connectivity index (χ1n) is 11.3. The first kappa shape index (κ1) is 23.8. The van der Waals surface area contributed by atoms with E-state index in [0.717, 1.165) is 23.1 Å². The first-order valence-corrected chi connectivity index (χ1v) is 11.3. The molecule has 2 amide bonds. The van der Waals surface area contributed by atoms with Gasteiger partial charge in [0.1, 0.15) is 11.6 Å². The fraction of sp³-hybridized carbons (Fsp3) is 0.462. The lowest BCUT2D eigenvalue weighted by Crippen LogP contribution is -2.45. The Morgan fingerprint density at radius 1 is 1.22 bits per heavy atom. The Bertz CT molecular complexity index is 983. The van der Waals surface area contributed by atoms with Gasteiger partial charge in [0.2, 0.25) is 5.91 Å². The molecule has 172 valence electrons. The predicted octanol–water partition coefficient (Wildman–Crippen LogP) is 4.64. The number of ether oxygens (including phenoxy) is 1. The van der Waals surface area contributed by atoms with Gasteiger partial charge in [-0.15, -0.1) is 0 Å². The molecule has 0 radical (unpaired) electrons. The van der Waals surface area contributed by atoms with Gasteiger partial charge in [0.05, 0.1) is 6.04 Å². The van der Waals surface area contributed by atoms with Crippen LogP contribution >= 0.6 is 0 Å². The van der Waals surface area contributed by atoms with Crippen molar-refractivity contribution in [2.24, 2.45) is 5.41 Å². The van der Waals surface area contributed by atoms with Gasteiger partial charge in [0.15, 0.2) is 6.10 Å². The Balaban J connectivity index is 1.99. The molecule has 0 unspecified atom stereocenters. The zero-order valence-electron chi connectivity index (χ0n) is 19.6. The van der Waals surface area contributed by atoms with E-state index in [4.69, 9.17) is 4.74 Å². The normalized spacial score (nSPS) is 16.8. The van der Waals surface area contributed by atoms with Gasteiger partial charge in [-0.2, -0.15) is 0 Å². The number of fused-ring (bicyclic) bond motifs is 1. The third-order valence-corrected chi connectivity index (χ3v) is 5.64. The average Bonchev–Trinajstić information content (AvgIpc) is 2.75. The van der Waals surface area contributed by atoms with E-state index in [9.17, 15) is 14.0 Å². The van der Waals surface area contributed by atoms with Gasteiger partial charge in [0.25, 0.3) is 5.91 Å². The molecule has 5 nitrogen and oxygen atoms in total. The molecule has 3 rings (SSSR count). The lowest BCUT2D eigenvalue weighted by Gasteiger charge is -2.41. The second-order valence-corrected chi connectivity index (χ2v) is 9.37. The minimum Gasteiger partial charge on any atom is -0.481 e. The highest BCUT2D eigenvalue weighted by Crippen LogP contribution is 2.39. The Morgan fingerprint density at radius 3 is 2.62 bits per heavy atom. The number of hydrogen-bond donors (Lipinski definition) is 1. The molecule has 2 aromatic rings. The fourth-order valence-electron chi connectivity index (χ4n) is 4.00. The van der Waals surface area contributed by atoms with Crippen LogP contribution in [0.5, 0.6) is 5.75 Å². The Morgan fingerprint density at radius 2 is 1.97 bits per heavy atom. The summed E-state index contributed by atoms with van der Waals surface area (Å²) in [5.74, 6) is 0.0487. The quantitative estimate of drug-likeness (QED) is 0.712. The highest BCUT2D eigenvalue weighted by molar-refractivity contribution is 5.83. The minimum atomic E-state index is -0.650. The van der Waals surface area contributed by atoms with Crippen molar-refractivity contribution in [1.29, 1.82) is 0 Å². The largest absolute Gasteiger partial charge is 0.481 e. The number of carbonyl (C=O) groups excluding carboxylic acids is 2. The summed E-state index contributed by atoms with van der Waals surface area (Å²) in [5, 5.41) is 2.84. The molecule has 0 fully saturated rings. The van der Waals surface area contributed by atoms with E-state index in [1.54, 1.807) is 13.0 Å². The van der Waals surface area contributed by atoms with Crippen molar-refractivity contribution in [1.82, 2.24) is 10.2 Å². The fourth-order valence-corrected chi connectivity index (χ4v) is 4.00. The van der Waals surface area contributed by atoms with Crippen molar-refractivity contribution in [2.45, 2.75) is 59.6 Å². The van der Waals surface area contributed by atoms with E-state index >= 15 is 0 Å². The molecular weight excluding hydrogens is 407 g/mol. The molecule has 1 aliphatic rings. The van der Waals surface area contributed by atoms with Crippen LogP contribution in [0.15, 0.2) is 42.5 Å². The summed E-state index contributed by atoms with van der Waals surface area (Å²) in [6, 6.07) is 11.7. The molecule has 0 bridgehead atoms. The van der Waals surface area contributed by atoms with E-state index in [0.29, 0.717) is 25.3 Å². The minimum absolute atomic E-state index is 0.0102. The molecule has 2 atom stereocenters. The van der Waals surface area contributed by atoms with Crippen LogP contribution in [0, 0.1) is 11.2 Å². The van der Waals surface area contributed by atoms with Crippen LogP contribution in [-0.2, 0) is 16.0 Å². The number of carbonyl (C=O) groups is 2. The van der Waals surface area contributed by atoms with Crippen molar-refractivity contribution in [3.05, 3.63) is 65.0 Å². The molecule has 0 saturated carbocycles. The maximum absolute atomic E-state index is 14.1. The van der Waals surface area contributed by atoms with Gasteiger partial charge in [-0.3, -0.25) is 9.59 Å². The summed E-state index contributed by atoms with van der Waals surface area (Å²) in [5.41, 5.74) is 2.14. The van der Waals surface area contributed by atoms with Gasteiger partial charge < -0.3 is 15.0 Å². The zero-order valence-corrected chi connectivity index (χ0v) is 19.6. The van der Waals surface area contributed by atoms with Crippen molar-refractivity contribution in [3.8, 4) is 5.75 Å². The maximum atomic E-state index is 14.1. The number of nitrogens with one attached hydrogen (secondary N) is 1. The van der Waals surface area contributed by atoms with Crippen LogP contribution in [0.4, 0.5) is 4.39 Å². The van der Waals surface area contributed by atoms with Crippen molar-refractivity contribution < 1.29 is 18.7 Å². The number of halogens is 1. The molecule has 0 spiro atoms. The van der Waals surface area contributed by atoms with Crippen molar-refractivity contribution in [2.75, 3.05) is 13.1 Å². The molecule has 1 N–H and O–H groups in total. The van der Waals surface area contributed by atoms with Gasteiger partial charge in [0, 0.05) is 18.5 Å². The molecule has 0 aliphatic carbocycles. The smallest absolute Gasteiger partial charge is 0.260 e. The number of benzene rings is 2. The number of amides is 2. The van der Waals surface area contributed by atoms with E-state index in [1.165, 1.54) is 12.1 Å². The summed E-state index contributed by atoms with van der Waals surface area (Å²) in [4.78, 5) is 27.4. The van der Waals surface area contributed by atoms with Crippen molar-refractivity contribution in [3.63, 3.8) is 0 Å². The molecule has 1 aliphatic heterocycles. The second kappa shape index (κ2) is 9.72. The highest BCUT2D eigenvalue weighted by Gasteiger charge is 2.37. The van der Waals surface area contributed by atoms with Gasteiger partial charge in [-0.25, -0.2) is 4.39 Å². The van der Waals surface area contributed by atoms with Crippen LogP contribution in [0.1, 0.15) is 63.8 Å². The second-order valence-electron chi connectivity index (χ2n) is 9.37. The third kappa shape index (κ3) is 5.29. The summed E-state index contributed by atoms with van der Waals surface area (Å²) in [7, 11) is 0. The Labute approximate surface area is 190 Å². The standard InChI is InChI=1S/C26H33FN2O3/c1-6-13-28-24(30)17(2)32-21-11-10-18-12-14-29(25(31)26(3,4)5)23(22(18)16-21)19-8-7-9-20(27)15-19/h7-11,15-17,23H,6,12-14H2,1-5H3,(H,28,30)/t17-,23-/m0/s1. The predicted molar refractivity (Wildman–Crippen MR) is 123 cm³/mol. The van der Waals surface area contributed by atoms with E-state index < -0.39 is 17.6 Å². The number of rotatable bonds is 6. The lowest BCUT2D eigenvalue weighted by molar-refractivity contribution is -0.141. The SMILES string of the molecule is CCCNC(=O)[C@H](C)Oc1ccc2c(c1)[C@H](c1cccc(F)c1)N(C(=O)C(C)(C)C)CC2. The highest BCUT2D eigenvalue weighted by atomic mass is 19.1. The number of nitrogens with zero attached hydrogens (tertiary/aromatic N) is 1. The monoisotopic (exact) mass is 440 g/mol. The van der Waals surface area contributed by atoms with Crippen LogP contribution < -0.4 is 10.1 Å². The van der Waals surface area contributed by atoms with Crippen LogP contribution in [0.25, 0.3) is 0 Å². The Hall–Kier alpha value is -2.89. The van der Waals surface area contributed by atoms with E-state index in [-0.39, 0.29) is 17.6 Å². The van der Waals surface area contributed by atoms with E-state index in [2.05, 4.69) is 5.32 Å². The van der Waals surface area contributed by atoms with Gasteiger partial charge >= 0.3 is 0 Å². The van der Waals surface area contributed by atoms with E-state index in [1.807, 2.05) is 56.9 Å². The molecular formula is C26H33FN2O3. The first-order chi connectivity index (χ1) is 15.1. The van der Waals surface area contributed by atoms with Crippen molar-refractivity contribution >= 4 is 11.8 Å². The summed E-state index contributed by atoms with van der Waals surface area (Å²) < 4.78 is 20.1. The summed E-state index contributed by atoms with van der Waals surface area (Å²) in [6.45, 7) is 10.5.